The molecule has 3 N–H and O–H groups in total. The standard InChI is InChI=1S/C14H25N5/c1-4-12-16-13(18-15)11(3)14(17-12)19-9-7-5-6-8-10(19)2/h10H,4-9,15H2,1-3H3,(H,16,17,18). The summed E-state index contributed by atoms with van der Waals surface area (Å²) in [5.74, 6) is 8.23. The van der Waals surface area contributed by atoms with Crippen molar-refractivity contribution in [3.8, 4) is 0 Å². The van der Waals surface area contributed by atoms with Crippen molar-refractivity contribution in [3.05, 3.63) is 11.4 Å². The Bertz CT molecular complexity index is 432. The maximum absolute atomic E-state index is 5.58. The molecule has 0 amide bonds. The number of hydrogen-bond donors (Lipinski definition) is 2. The molecule has 19 heavy (non-hydrogen) atoms. The maximum atomic E-state index is 5.58. The molecule has 1 atom stereocenters. The molecule has 0 spiro atoms. The van der Waals surface area contributed by atoms with E-state index in [0.717, 1.165) is 36.0 Å². The van der Waals surface area contributed by atoms with Crippen LogP contribution in [0, 0.1) is 6.92 Å². The van der Waals surface area contributed by atoms with E-state index in [1.165, 1.54) is 25.7 Å². The minimum Gasteiger partial charge on any atom is -0.354 e. The van der Waals surface area contributed by atoms with Crippen molar-refractivity contribution in [1.82, 2.24) is 9.97 Å². The molecule has 2 heterocycles. The van der Waals surface area contributed by atoms with Gasteiger partial charge in [0.25, 0.3) is 0 Å². The van der Waals surface area contributed by atoms with E-state index in [2.05, 4.69) is 29.2 Å². The number of hydrogen-bond acceptors (Lipinski definition) is 5. The number of aryl methyl sites for hydroxylation is 1. The fraction of sp³-hybridized carbons (Fsp3) is 0.714. The van der Waals surface area contributed by atoms with Gasteiger partial charge in [0.1, 0.15) is 17.5 Å². The van der Waals surface area contributed by atoms with Crippen LogP contribution in [0.25, 0.3) is 0 Å². The molecular formula is C14H25N5. The topological polar surface area (TPSA) is 67.1 Å². The summed E-state index contributed by atoms with van der Waals surface area (Å²) >= 11 is 0. The third-order valence-electron chi connectivity index (χ3n) is 3.94. The summed E-state index contributed by atoms with van der Waals surface area (Å²) in [5.41, 5.74) is 3.75. The molecule has 0 bridgehead atoms. The first-order valence-corrected chi connectivity index (χ1v) is 7.28. The van der Waals surface area contributed by atoms with E-state index in [4.69, 9.17) is 10.8 Å². The molecule has 2 rings (SSSR count). The van der Waals surface area contributed by atoms with Gasteiger partial charge in [0.15, 0.2) is 0 Å². The molecule has 0 aliphatic carbocycles. The van der Waals surface area contributed by atoms with Gasteiger partial charge in [-0.05, 0) is 26.7 Å². The summed E-state index contributed by atoms with van der Waals surface area (Å²) in [6.45, 7) is 7.47. The lowest BCUT2D eigenvalue weighted by atomic mass is 10.1. The SMILES string of the molecule is CCc1nc(NN)c(C)c(N2CCCCCC2C)n1. The number of nitrogens with two attached hydrogens (primary N) is 1. The van der Waals surface area contributed by atoms with Crippen LogP contribution in [-0.4, -0.2) is 22.6 Å². The lowest BCUT2D eigenvalue weighted by Gasteiger charge is -2.30. The first-order chi connectivity index (χ1) is 9.17. The number of rotatable bonds is 3. The van der Waals surface area contributed by atoms with Gasteiger partial charge in [-0.15, -0.1) is 0 Å². The van der Waals surface area contributed by atoms with E-state index in [0.29, 0.717) is 6.04 Å². The highest BCUT2D eigenvalue weighted by Gasteiger charge is 2.22. The van der Waals surface area contributed by atoms with Crippen LogP contribution in [0.2, 0.25) is 0 Å². The Kier molecular flexibility index (Phi) is 4.58. The van der Waals surface area contributed by atoms with Crippen LogP contribution in [0.5, 0.6) is 0 Å². The molecule has 1 fully saturated rings. The van der Waals surface area contributed by atoms with Crippen LogP contribution in [0.3, 0.4) is 0 Å². The molecule has 1 aliphatic rings. The van der Waals surface area contributed by atoms with E-state index in [1.54, 1.807) is 0 Å². The molecule has 1 unspecified atom stereocenters. The Morgan fingerprint density at radius 3 is 2.79 bits per heavy atom. The number of anilines is 2. The summed E-state index contributed by atoms with van der Waals surface area (Å²) in [6.07, 6.45) is 5.92. The van der Waals surface area contributed by atoms with Crippen molar-refractivity contribution < 1.29 is 0 Å². The van der Waals surface area contributed by atoms with Gasteiger partial charge in [0.05, 0.1) is 0 Å². The van der Waals surface area contributed by atoms with E-state index >= 15 is 0 Å². The monoisotopic (exact) mass is 263 g/mol. The Hall–Kier alpha value is -1.36. The molecule has 0 saturated carbocycles. The number of nitrogen functional groups attached to an aromatic ring is 1. The zero-order chi connectivity index (χ0) is 13.8. The first-order valence-electron chi connectivity index (χ1n) is 7.28. The Balaban J connectivity index is 2.41. The second kappa shape index (κ2) is 6.19. The average Bonchev–Trinajstić information content (AvgIpc) is 2.64. The van der Waals surface area contributed by atoms with Crippen LogP contribution in [-0.2, 0) is 6.42 Å². The van der Waals surface area contributed by atoms with E-state index in [9.17, 15) is 0 Å². The van der Waals surface area contributed by atoms with E-state index < -0.39 is 0 Å². The summed E-state index contributed by atoms with van der Waals surface area (Å²) in [5, 5.41) is 0. The van der Waals surface area contributed by atoms with Crippen molar-refractivity contribution in [2.24, 2.45) is 5.84 Å². The molecule has 1 aliphatic heterocycles. The van der Waals surface area contributed by atoms with Crippen LogP contribution < -0.4 is 16.2 Å². The van der Waals surface area contributed by atoms with E-state index in [1.807, 2.05) is 6.92 Å². The zero-order valence-electron chi connectivity index (χ0n) is 12.2. The Morgan fingerprint density at radius 1 is 1.32 bits per heavy atom. The predicted molar refractivity (Wildman–Crippen MR) is 79.2 cm³/mol. The molecule has 0 radical (unpaired) electrons. The maximum Gasteiger partial charge on any atom is 0.148 e. The summed E-state index contributed by atoms with van der Waals surface area (Å²) < 4.78 is 0. The van der Waals surface area contributed by atoms with Crippen molar-refractivity contribution in [3.63, 3.8) is 0 Å². The third-order valence-corrected chi connectivity index (χ3v) is 3.94. The number of aromatic nitrogens is 2. The summed E-state index contributed by atoms with van der Waals surface area (Å²) in [6, 6.07) is 0.534. The molecule has 106 valence electrons. The van der Waals surface area contributed by atoms with Crippen LogP contribution in [0.1, 0.15) is 50.9 Å². The van der Waals surface area contributed by atoms with Crippen molar-refractivity contribution in [2.45, 2.75) is 58.9 Å². The number of nitrogens with one attached hydrogen (secondary N) is 1. The normalized spacial score (nSPS) is 20.2. The Labute approximate surface area is 115 Å². The van der Waals surface area contributed by atoms with E-state index in [-0.39, 0.29) is 0 Å². The predicted octanol–water partition coefficient (Wildman–Crippen LogP) is 2.40. The highest BCUT2D eigenvalue weighted by molar-refractivity contribution is 5.58. The van der Waals surface area contributed by atoms with Crippen molar-refractivity contribution >= 4 is 11.6 Å². The second-order valence-corrected chi connectivity index (χ2v) is 5.33. The van der Waals surface area contributed by atoms with Gasteiger partial charge in [0.2, 0.25) is 0 Å². The van der Waals surface area contributed by atoms with Crippen molar-refractivity contribution in [1.29, 1.82) is 0 Å². The average molecular weight is 263 g/mol. The minimum absolute atomic E-state index is 0.534. The molecule has 5 heteroatoms. The first kappa shape index (κ1) is 14.1. The minimum atomic E-state index is 0.534. The quantitative estimate of drug-likeness (QED) is 0.647. The number of nitrogens with zero attached hydrogens (tertiary/aromatic N) is 3. The molecule has 1 saturated heterocycles. The highest BCUT2D eigenvalue weighted by Crippen LogP contribution is 2.28. The van der Waals surface area contributed by atoms with Crippen LogP contribution in [0.15, 0.2) is 0 Å². The smallest absolute Gasteiger partial charge is 0.148 e. The largest absolute Gasteiger partial charge is 0.354 e. The molecular weight excluding hydrogens is 238 g/mol. The fourth-order valence-corrected chi connectivity index (χ4v) is 2.72. The highest BCUT2D eigenvalue weighted by atomic mass is 15.3. The molecule has 1 aromatic heterocycles. The number of hydrazine groups is 1. The van der Waals surface area contributed by atoms with Gasteiger partial charge in [-0.25, -0.2) is 15.8 Å². The summed E-state index contributed by atoms with van der Waals surface area (Å²) in [4.78, 5) is 11.6. The second-order valence-electron chi connectivity index (χ2n) is 5.33. The third kappa shape index (κ3) is 2.97. The van der Waals surface area contributed by atoms with Gasteiger partial charge in [-0.3, -0.25) is 0 Å². The van der Waals surface area contributed by atoms with Crippen LogP contribution >= 0.6 is 0 Å². The molecule has 1 aromatic rings. The fourth-order valence-electron chi connectivity index (χ4n) is 2.72. The van der Waals surface area contributed by atoms with Gasteiger partial charge in [-0.1, -0.05) is 19.8 Å². The van der Waals surface area contributed by atoms with Gasteiger partial charge < -0.3 is 10.3 Å². The molecule has 0 aromatic carbocycles. The summed E-state index contributed by atoms with van der Waals surface area (Å²) in [7, 11) is 0. The van der Waals surface area contributed by atoms with Crippen LogP contribution in [0.4, 0.5) is 11.6 Å². The van der Waals surface area contributed by atoms with Gasteiger partial charge >= 0.3 is 0 Å². The Morgan fingerprint density at radius 2 is 2.11 bits per heavy atom. The lowest BCUT2D eigenvalue weighted by molar-refractivity contribution is 0.608. The van der Waals surface area contributed by atoms with Gasteiger partial charge in [-0.2, -0.15) is 0 Å². The van der Waals surface area contributed by atoms with Crippen molar-refractivity contribution in [2.75, 3.05) is 16.9 Å². The lowest BCUT2D eigenvalue weighted by Crippen LogP contribution is -2.34. The molecule has 5 nitrogen and oxygen atoms in total. The van der Waals surface area contributed by atoms with Gasteiger partial charge in [0, 0.05) is 24.6 Å². The zero-order valence-corrected chi connectivity index (χ0v) is 12.2.